The van der Waals surface area contributed by atoms with E-state index in [1.807, 2.05) is 32.2 Å². The number of hydrogen-bond acceptors (Lipinski definition) is 5. The monoisotopic (exact) mass is 369 g/mol. The molecule has 0 fully saturated rings. The fourth-order valence-electron chi connectivity index (χ4n) is 2.07. The Morgan fingerprint density at radius 3 is 2.42 bits per heavy atom. The van der Waals surface area contributed by atoms with Crippen molar-refractivity contribution >= 4 is 21.4 Å². The average Bonchev–Trinajstić information content (AvgIpc) is 2.97. The zero-order valence-electron chi connectivity index (χ0n) is 14.0. The third-order valence-corrected chi connectivity index (χ3v) is 5.95. The van der Waals surface area contributed by atoms with Crippen LogP contribution in [0.3, 0.4) is 0 Å². The second-order valence-corrected chi connectivity index (χ2v) is 8.73. The first-order valence-electron chi connectivity index (χ1n) is 7.74. The molecule has 2 rings (SSSR count). The van der Waals surface area contributed by atoms with Crippen molar-refractivity contribution in [1.29, 1.82) is 0 Å². The molecule has 0 saturated heterocycles. The van der Waals surface area contributed by atoms with Crippen molar-refractivity contribution in [2.45, 2.75) is 31.8 Å². The molecule has 0 aliphatic rings. The van der Waals surface area contributed by atoms with Crippen LogP contribution >= 0.6 is 11.3 Å². The van der Waals surface area contributed by atoms with Gasteiger partial charge in [-0.2, -0.15) is 0 Å². The Kier molecular flexibility index (Phi) is 6.40. The van der Waals surface area contributed by atoms with Gasteiger partial charge in [0.1, 0.15) is 11.9 Å². The number of aliphatic hydroxyl groups excluding tert-OH is 1. The zero-order chi connectivity index (χ0) is 17.7. The Hall–Kier alpha value is -1.41. The Morgan fingerprint density at radius 2 is 1.88 bits per heavy atom. The Bertz CT molecular complexity index is 751. The van der Waals surface area contributed by atoms with Gasteiger partial charge in [0.15, 0.2) is 0 Å². The van der Waals surface area contributed by atoms with Crippen LogP contribution in [0.15, 0.2) is 40.6 Å². The number of benzene rings is 1. The van der Waals surface area contributed by atoms with Gasteiger partial charge in [0.05, 0.1) is 11.5 Å². The first kappa shape index (κ1) is 18.9. The number of sulfonamides is 1. The van der Waals surface area contributed by atoms with Crippen LogP contribution in [-0.4, -0.2) is 26.7 Å². The zero-order valence-corrected chi connectivity index (χ0v) is 15.7. The molecule has 1 atom stereocenters. The van der Waals surface area contributed by atoms with Gasteiger partial charge in [-0.3, -0.25) is 0 Å². The minimum Gasteiger partial charge on any atom is -0.493 e. The lowest BCUT2D eigenvalue weighted by molar-refractivity contribution is 0.185. The van der Waals surface area contributed by atoms with Crippen molar-refractivity contribution in [2.75, 3.05) is 13.2 Å². The van der Waals surface area contributed by atoms with E-state index < -0.39 is 16.1 Å². The molecule has 2 aromatic rings. The summed E-state index contributed by atoms with van der Waals surface area (Å²) in [7, 11) is -3.67. The molecule has 0 saturated carbocycles. The number of aryl methyl sites for hydroxylation is 1. The van der Waals surface area contributed by atoms with E-state index in [0.29, 0.717) is 18.3 Å². The van der Waals surface area contributed by atoms with Gasteiger partial charge in [-0.25, -0.2) is 13.1 Å². The number of thiophene rings is 1. The van der Waals surface area contributed by atoms with Crippen LogP contribution in [0, 0.1) is 12.8 Å². The molecule has 1 unspecified atom stereocenters. The van der Waals surface area contributed by atoms with E-state index in [9.17, 15) is 13.5 Å². The molecular formula is C17H23NO4S2. The Labute approximate surface area is 147 Å². The summed E-state index contributed by atoms with van der Waals surface area (Å²) in [5.41, 5.74) is 0.957. The number of ether oxygens (including phenoxy) is 1. The normalized spacial score (nSPS) is 13.2. The summed E-state index contributed by atoms with van der Waals surface area (Å²) in [5, 5.41) is 12.0. The second kappa shape index (κ2) is 8.11. The summed E-state index contributed by atoms with van der Waals surface area (Å²) in [4.78, 5) is 0.921. The van der Waals surface area contributed by atoms with Crippen LogP contribution < -0.4 is 9.46 Å². The van der Waals surface area contributed by atoms with Gasteiger partial charge < -0.3 is 9.84 Å². The van der Waals surface area contributed by atoms with Crippen molar-refractivity contribution in [3.8, 4) is 5.75 Å². The van der Waals surface area contributed by atoms with Gasteiger partial charge in [-0.05, 0) is 54.1 Å². The lowest BCUT2D eigenvalue weighted by atomic mass is 10.2. The van der Waals surface area contributed by atoms with Gasteiger partial charge >= 0.3 is 0 Å². The van der Waals surface area contributed by atoms with Crippen LogP contribution in [0.4, 0.5) is 0 Å². The third kappa shape index (κ3) is 5.04. The van der Waals surface area contributed by atoms with Crippen LogP contribution in [0.2, 0.25) is 0 Å². The summed E-state index contributed by atoms with van der Waals surface area (Å²) in [6.07, 6.45) is -0.853. The van der Waals surface area contributed by atoms with Gasteiger partial charge in [-0.1, -0.05) is 13.8 Å². The maximum absolute atomic E-state index is 12.3. The molecule has 24 heavy (non-hydrogen) atoms. The van der Waals surface area contributed by atoms with E-state index in [-0.39, 0.29) is 11.4 Å². The molecular weight excluding hydrogens is 346 g/mol. The van der Waals surface area contributed by atoms with Crippen molar-refractivity contribution < 1.29 is 18.3 Å². The summed E-state index contributed by atoms with van der Waals surface area (Å²) in [6.45, 7) is 6.50. The van der Waals surface area contributed by atoms with Gasteiger partial charge in [0.2, 0.25) is 10.0 Å². The second-order valence-electron chi connectivity index (χ2n) is 6.01. The average molecular weight is 370 g/mol. The van der Waals surface area contributed by atoms with Gasteiger partial charge in [0.25, 0.3) is 0 Å². The molecule has 0 aliphatic heterocycles. The van der Waals surface area contributed by atoms with E-state index in [1.165, 1.54) is 23.5 Å². The first-order valence-corrected chi connectivity index (χ1v) is 10.1. The first-order chi connectivity index (χ1) is 11.3. The molecule has 0 amide bonds. The number of aliphatic hydroxyl groups is 1. The third-order valence-electron chi connectivity index (χ3n) is 3.39. The van der Waals surface area contributed by atoms with Gasteiger partial charge in [0, 0.05) is 11.4 Å². The quantitative estimate of drug-likeness (QED) is 0.750. The lowest BCUT2D eigenvalue weighted by Gasteiger charge is -2.13. The largest absolute Gasteiger partial charge is 0.493 e. The molecule has 5 nitrogen and oxygen atoms in total. The smallest absolute Gasteiger partial charge is 0.240 e. The molecule has 7 heteroatoms. The SMILES string of the molecule is Cc1ccsc1C(O)CNS(=O)(=O)c1ccc(OCC(C)C)cc1. The maximum Gasteiger partial charge on any atom is 0.240 e. The fraction of sp³-hybridized carbons (Fsp3) is 0.412. The molecule has 0 bridgehead atoms. The molecule has 1 heterocycles. The van der Waals surface area contributed by atoms with E-state index in [2.05, 4.69) is 4.72 Å². The van der Waals surface area contributed by atoms with Crippen molar-refractivity contribution in [3.63, 3.8) is 0 Å². The number of hydrogen-bond donors (Lipinski definition) is 2. The minimum absolute atomic E-state index is 0.0602. The highest BCUT2D eigenvalue weighted by Crippen LogP contribution is 2.24. The van der Waals surface area contributed by atoms with Crippen LogP contribution in [0.1, 0.15) is 30.4 Å². The summed E-state index contributed by atoms with van der Waals surface area (Å²) >= 11 is 1.41. The topological polar surface area (TPSA) is 75.6 Å². The summed E-state index contributed by atoms with van der Waals surface area (Å²) in [6, 6.07) is 8.17. The molecule has 0 aliphatic carbocycles. The molecule has 1 aromatic carbocycles. The molecule has 0 radical (unpaired) electrons. The lowest BCUT2D eigenvalue weighted by Crippen LogP contribution is -2.28. The highest BCUT2D eigenvalue weighted by Gasteiger charge is 2.18. The van der Waals surface area contributed by atoms with E-state index in [1.54, 1.807) is 12.1 Å². The van der Waals surface area contributed by atoms with Crippen LogP contribution in [0.25, 0.3) is 0 Å². The minimum atomic E-state index is -3.67. The Morgan fingerprint density at radius 1 is 1.21 bits per heavy atom. The van der Waals surface area contributed by atoms with Crippen molar-refractivity contribution in [2.24, 2.45) is 5.92 Å². The highest BCUT2D eigenvalue weighted by molar-refractivity contribution is 7.89. The molecule has 0 spiro atoms. The number of rotatable bonds is 8. The maximum atomic E-state index is 12.3. The summed E-state index contributed by atoms with van der Waals surface area (Å²) < 4.78 is 32.6. The van der Waals surface area contributed by atoms with Crippen molar-refractivity contribution in [1.82, 2.24) is 4.72 Å². The number of nitrogens with one attached hydrogen (secondary N) is 1. The fourth-order valence-corrected chi connectivity index (χ4v) is 4.02. The van der Waals surface area contributed by atoms with Crippen molar-refractivity contribution in [3.05, 3.63) is 46.2 Å². The molecule has 132 valence electrons. The van der Waals surface area contributed by atoms with E-state index >= 15 is 0 Å². The molecule has 2 N–H and O–H groups in total. The predicted molar refractivity (Wildman–Crippen MR) is 96.0 cm³/mol. The standard InChI is InChI=1S/C17H23NO4S2/c1-12(2)11-22-14-4-6-15(7-5-14)24(20,21)18-10-16(19)17-13(3)8-9-23-17/h4-9,12,16,18-19H,10-11H2,1-3H3. The van der Waals surface area contributed by atoms with E-state index in [0.717, 1.165) is 10.4 Å². The summed E-state index contributed by atoms with van der Waals surface area (Å²) in [5.74, 6) is 1.04. The van der Waals surface area contributed by atoms with Crippen LogP contribution in [-0.2, 0) is 10.0 Å². The molecule has 1 aromatic heterocycles. The van der Waals surface area contributed by atoms with E-state index in [4.69, 9.17) is 4.74 Å². The van der Waals surface area contributed by atoms with Crippen LogP contribution in [0.5, 0.6) is 5.75 Å². The predicted octanol–water partition coefficient (Wildman–Crippen LogP) is 3.10. The highest BCUT2D eigenvalue weighted by atomic mass is 32.2. The van der Waals surface area contributed by atoms with Gasteiger partial charge in [-0.15, -0.1) is 11.3 Å². The Balaban J connectivity index is 1.98.